The first-order valence-electron chi connectivity index (χ1n) is 7.36. The van der Waals surface area contributed by atoms with Crippen molar-refractivity contribution in [1.29, 1.82) is 0 Å². The SMILES string of the molecule is CCC(C)c1ccc(C(O)CNCCOCCO)cc1. The number of rotatable bonds is 10. The third-order valence-electron chi connectivity index (χ3n) is 3.50. The fourth-order valence-corrected chi connectivity index (χ4v) is 1.95. The van der Waals surface area contributed by atoms with E-state index in [1.54, 1.807) is 0 Å². The number of hydrogen-bond acceptors (Lipinski definition) is 4. The average Bonchev–Trinajstić information content (AvgIpc) is 2.50. The van der Waals surface area contributed by atoms with Crippen LogP contribution in [-0.4, -0.2) is 43.1 Å². The maximum absolute atomic E-state index is 10.1. The van der Waals surface area contributed by atoms with Crippen LogP contribution >= 0.6 is 0 Å². The summed E-state index contributed by atoms with van der Waals surface area (Å²) in [5.41, 5.74) is 2.25. The van der Waals surface area contributed by atoms with Gasteiger partial charge in [0.1, 0.15) is 0 Å². The lowest BCUT2D eigenvalue weighted by Gasteiger charge is -2.14. The lowest BCUT2D eigenvalue weighted by Crippen LogP contribution is -2.25. The Hall–Kier alpha value is -0.940. The smallest absolute Gasteiger partial charge is 0.0914 e. The second-order valence-electron chi connectivity index (χ2n) is 5.03. The Kier molecular flexibility index (Phi) is 8.46. The molecule has 1 rings (SSSR count). The number of ether oxygens (including phenoxy) is 1. The molecule has 0 saturated heterocycles. The van der Waals surface area contributed by atoms with E-state index in [4.69, 9.17) is 9.84 Å². The molecule has 0 spiro atoms. The number of benzene rings is 1. The summed E-state index contributed by atoms with van der Waals surface area (Å²) in [6, 6.07) is 8.18. The van der Waals surface area contributed by atoms with Gasteiger partial charge in [0, 0.05) is 13.1 Å². The first-order valence-corrected chi connectivity index (χ1v) is 7.36. The molecule has 3 N–H and O–H groups in total. The number of nitrogens with one attached hydrogen (secondary N) is 1. The van der Waals surface area contributed by atoms with E-state index in [1.807, 2.05) is 12.1 Å². The molecule has 0 amide bonds. The van der Waals surface area contributed by atoms with Crippen molar-refractivity contribution in [2.24, 2.45) is 0 Å². The van der Waals surface area contributed by atoms with Gasteiger partial charge < -0.3 is 20.3 Å². The zero-order valence-corrected chi connectivity index (χ0v) is 12.5. The van der Waals surface area contributed by atoms with Crippen LogP contribution in [-0.2, 0) is 4.74 Å². The largest absolute Gasteiger partial charge is 0.394 e. The molecule has 0 heterocycles. The predicted molar refractivity (Wildman–Crippen MR) is 80.9 cm³/mol. The first-order chi connectivity index (χ1) is 9.69. The van der Waals surface area contributed by atoms with Gasteiger partial charge in [-0.25, -0.2) is 0 Å². The zero-order chi connectivity index (χ0) is 14.8. The highest BCUT2D eigenvalue weighted by molar-refractivity contribution is 5.26. The van der Waals surface area contributed by atoms with E-state index in [1.165, 1.54) is 5.56 Å². The van der Waals surface area contributed by atoms with E-state index in [-0.39, 0.29) is 6.61 Å². The van der Waals surface area contributed by atoms with Crippen molar-refractivity contribution in [3.05, 3.63) is 35.4 Å². The zero-order valence-electron chi connectivity index (χ0n) is 12.5. The standard InChI is InChI=1S/C16H27NO3/c1-3-13(2)14-4-6-15(7-5-14)16(19)12-17-8-10-20-11-9-18/h4-7,13,16-19H,3,8-12H2,1-2H3. The van der Waals surface area contributed by atoms with E-state index >= 15 is 0 Å². The molecule has 20 heavy (non-hydrogen) atoms. The van der Waals surface area contributed by atoms with Crippen molar-refractivity contribution in [1.82, 2.24) is 5.32 Å². The van der Waals surface area contributed by atoms with Crippen LogP contribution in [0.2, 0.25) is 0 Å². The van der Waals surface area contributed by atoms with Crippen molar-refractivity contribution in [3.63, 3.8) is 0 Å². The van der Waals surface area contributed by atoms with E-state index in [9.17, 15) is 5.11 Å². The van der Waals surface area contributed by atoms with Gasteiger partial charge >= 0.3 is 0 Å². The minimum absolute atomic E-state index is 0.0468. The van der Waals surface area contributed by atoms with Gasteiger partial charge in [0.15, 0.2) is 0 Å². The maximum atomic E-state index is 10.1. The van der Waals surface area contributed by atoms with Crippen LogP contribution in [0.25, 0.3) is 0 Å². The number of aliphatic hydroxyl groups is 2. The highest BCUT2D eigenvalue weighted by atomic mass is 16.5. The molecule has 1 aromatic carbocycles. The number of aliphatic hydroxyl groups excluding tert-OH is 2. The maximum Gasteiger partial charge on any atom is 0.0914 e. The molecule has 0 saturated carbocycles. The van der Waals surface area contributed by atoms with E-state index in [0.29, 0.717) is 32.2 Å². The summed E-state index contributed by atoms with van der Waals surface area (Å²) in [6.07, 6.45) is 0.621. The monoisotopic (exact) mass is 281 g/mol. The molecule has 2 unspecified atom stereocenters. The highest BCUT2D eigenvalue weighted by Gasteiger charge is 2.08. The van der Waals surface area contributed by atoms with Crippen LogP contribution in [0.1, 0.15) is 43.4 Å². The lowest BCUT2D eigenvalue weighted by atomic mass is 9.96. The van der Waals surface area contributed by atoms with Crippen molar-refractivity contribution >= 4 is 0 Å². The third kappa shape index (κ3) is 6.01. The fourth-order valence-electron chi connectivity index (χ4n) is 1.95. The van der Waals surface area contributed by atoms with Gasteiger partial charge in [-0.3, -0.25) is 0 Å². The van der Waals surface area contributed by atoms with Crippen LogP contribution in [0.4, 0.5) is 0 Å². The van der Waals surface area contributed by atoms with Crippen molar-refractivity contribution < 1.29 is 14.9 Å². The summed E-state index contributed by atoms with van der Waals surface area (Å²) < 4.78 is 5.13. The lowest BCUT2D eigenvalue weighted by molar-refractivity contribution is 0.0910. The molecule has 0 aliphatic heterocycles. The van der Waals surface area contributed by atoms with Crippen LogP contribution in [0, 0.1) is 0 Å². The third-order valence-corrected chi connectivity index (χ3v) is 3.50. The van der Waals surface area contributed by atoms with E-state index < -0.39 is 6.10 Å². The predicted octanol–water partition coefficient (Wildman–Crippen LogP) is 1.83. The molecular formula is C16H27NO3. The summed E-state index contributed by atoms with van der Waals surface area (Å²) in [5.74, 6) is 0.558. The first kappa shape index (κ1) is 17.1. The quantitative estimate of drug-likeness (QED) is 0.573. The molecule has 0 fully saturated rings. The minimum atomic E-state index is -0.501. The summed E-state index contributed by atoms with van der Waals surface area (Å²) >= 11 is 0. The Morgan fingerprint density at radius 1 is 1.15 bits per heavy atom. The van der Waals surface area contributed by atoms with Gasteiger partial charge in [-0.15, -0.1) is 0 Å². The van der Waals surface area contributed by atoms with Crippen LogP contribution in [0.15, 0.2) is 24.3 Å². The topological polar surface area (TPSA) is 61.7 Å². The molecular weight excluding hydrogens is 254 g/mol. The molecule has 4 nitrogen and oxygen atoms in total. The van der Waals surface area contributed by atoms with Crippen LogP contribution in [0.3, 0.4) is 0 Å². The Balaban J connectivity index is 2.30. The van der Waals surface area contributed by atoms with Crippen molar-refractivity contribution in [2.75, 3.05) is 32.9 Å². The van der Waals surface area contributed by atoms with Gasteiger partial charge in [-0.05, 0) is 23.5 Å². The fraction of sp³-hybridized carbons (Fsp3) is 0.625. The van der Waals surface area contributed by atoms with Gasteiger partial charge in [0.05, 0.1) is 25.9 Å². The molecule has 0 bridgehead atoms. The summed E-state index contributed by atoms with van der Waals surface area (Å²) in [7, 11) is 0. The van der Waals surface area contributed by atoms with Gasteiger partial charge in [-0.2, -0.15) is 0 Å². The van der Waals surface area contributed by atoms with Crippen LogP contribution < -0.4 is 5.32 Å². The minimum Gasteiger partial charge on any atom is -0.394 e. The highest BCUT2D eigenvalue weighted by Crippen LogP contribution is 2.21. The van der Waals surface area contributed by atoms with Gasteiger partial charge in [0.2, 0.25) is 0 Å². The molecule has 4 heteroatoms. The van der Waals surface area contributed by atoms with Crippen LogP contribution in [0.5, 0.6) is 0 Å². The Morgan fingerprint density at radius 2 is 1.80 bits per heavy atom. The second-order valence-corrected chi connectivity index (χ2v) is 5.03. The molecule has 2 atom stereocenters. The van der Waals surface area contributed by atoms with Gasteiger partial charge in [0.25, 0.3) is 0 Å². The van der Waals surface area contributed by atoms with Gasteiger partial charge in [-0.1, -0.05) is 38.1 Å². The molecule has 114 valence electrons. The molecule has 1 aromatic rings. The second kappa shape index (κ2) is 9.88. The Morgan fingerprint density at radius 3 is 2.40 bits per heavy atom. The Labute approximate surface area is 121 Å². The normalized spacial score (nSPS) is 14.2. The molecule has 0 radical (unpaired) electrons. The average molecular weight is 281 g/mol. The Bertz CT molecular complexity index is 353. The molecule has 0 aromatic heterocycles. The molecule has 0 aliphatic carbocycles. The van der Waals surface area contributed by atoms with E-state index in [2.05, 4.69) is 31.3 Å². The van der Waals surface area contributed by atoms with Crippen molar-refractivity contribution in [2.45, 2.75) is 32.3 Å². The van der Waals surface area contributed by atoms with E-state index in [0.717, 1.165) is 12.0 Å². The summed E-state index contributed by atoms with van der Waals surface area (Å²) in [6.45, 7) is 6.51. The molecule has 0 aliphatic rings. The summed E-state index contributed by atoms with van der Waals surface area (Å²) in [4.78, 5) is 0. The number of hydrogen-bond donors (Lipinski definition) is 3. The summed E-state index contributed by atoms with van der Waals surface area (Å²) in [5, 5.41) is 21.8. The van der Waals surface area contributed by atoms with Crippen molar-refractivity contribution in [3.8, 4) is 0 Å².